The Morgan fingerprint density at radius 1 is 1.07 bits per heavy atom. The molecule has 0 saturated carbocycles. The molecule has 0 radical (unpaired) electrons. The highest BCUT2D eigenvalue weighted by molar-refractivity contribution is 5.77. The second kappa shape index (κ2) is 10.3. The second-order valence-electron chi connectivity index (χ2n) is 8.25. The fourth-order valence-corrected chi connectivity index (χ4v) is 4.04. The molecule has 1 atom stereocenters. The average Bonchev–Trinajstić information content (AvgIpc) is 2.74. The van der Waals surface area contributed by atoms with E-state index in [9.17, 15) is 4.79 Å². The Morgan fingerprint density at radius 3 is 2.38 bits per heavy atom. The van der Waals surface area contributed by atoms with Crippen LogP contribution in [0.4, 0.5) is 5.69 Å². The van der Waals surface area contributed by atoms with E-state index in [-0.39, 0.29) is 11.9 Å². The maximum Gasteiger partial charge on any atom is 0.275 e. The standard InChI is InChI=1S/C24H33N3O2/c1-19(2)17-21(20-9-5-4-6-10-20)25-24(28)18-26-13-15-27(16-14-26)22-11-7-8-12-23(22)29-3/h4-12,19,21H,13-18H2,1-3H3,(H,25,28)/p+1/t21-/m1/s1. The predicted molar refractivity (Wildman–Crippen MR) is 118 cm³/mol. The van der Waals surface area contributed by atoms with Gasteiger partial charge in [0, 0.05) is 0 Å². The number of piperazine rings is 1. The van der Waals surface area contributed by atoms with Gasteiger partial charge in [0.25, 0.3) is 5.91 Å². The number of nitrogens with one attached hydrogen (secondary N) is 2. The molecule has 1 saturated heterocycles. The fraction of sp³-hybridized carbons (Fsp3) is 0.458. The Morgan fingerprint density at radius 2 is 1.72 bits per heavy atom. The quantitative estimate of drug-likeness (QED) is 0.720. The third-order valence-corrected chi connectivity index (χ3v) is 5.55. The molecule has 2 N–H and O–H groups in total. The molecule has 156 valence electrons. The first kappa shape index (κ1) is 21.2. The van der Waals surface area contributed by atoms with E-state index in [4.69, 9.17) is 4.74 Å². The van der Waals surface area contributed by atoms with Crippen molar-refractivity contribution in [2.75, 3.05) is 44.7 Å². The van der Waals surface area contributed by atoms with Crippen LogP contribution in [0.25, 0.3) is 0 Å². The van der Waals surface area contributed by atoms with Crippen LogP contribution in [0.3, 0.4) is 0 Å². The number of quaternary nitrogens is 1. The monoisotopic (exact) mass is 396 g/mol. The number of methoxy groups -OCH3 is 1. The number of carbonyl (C=O) groups is 1. The van der Waals surface area contributed by atoms with Gasteiger partial charge in [-0.3, -0.25) is 4.79 Å². The van der Waals surface area contributed by atoms with Gasteiger partial charge in [-0.25, -0.2) is 0 Å². The van der Waals surface area contributed by atoms with Gasteiger partial charge in [0.1, 0.15) is 5.75 Å². The van der Waals surface area contributed by atoms with E-state index in [2.05, 4.69) is 42.3 Å². The van der Waals surface area contributed by atoms with Crippen molar-refractivity contribution in [1.82, 2.24) is 5.32 Å². The zero-order valence-electron chi connectivity index (χ0n) is 17.9. The summed E-state index contributed by atoms with van der Waals surface area (Å²) < 4.78 is 5.49. The first-order valence-electron chi connectivity index (χ1n) is 10.6. The molecular weight excluding hydrogens is 362 g/mol. The Labute approximate surface area is 174 Å². The van der Waals surface area contributed by atoms with Crippen LogP contribution < -0.4 is 19.9 Å². The SMILES string of the molecule is COc1ccccc1N1CC[NH+](CC(=O)N[C@H](CC(C)C)c2ccccc2)CC1. The summed E-state index contributed by atoms with van der Waals surface area (Å²) >= 11 is 0. The molecule has 0 spiro atoms. The third-order valence-electron chi connectivity index (χ3n) is 5.55. The van der Waals surface area contributed by atoms with Crippen LogP contribution in [0.5, 0.6) is 5.75 Å². The van der Waals surface area contributed by atoms with Gasteiger partial charge in [0.2, 0.25) is 0 Å². The highest BCUT2D eigenvalue weighted by Gasteiger charge is 2.25. The number of nitrogens with zero attached hydrogens (tertiary/aromatic N) is 1. The van der Waals surface area contributed by atoms with Crippen molar-refractivity contribution in [2.45, 2.75) is 26.3 Å². The molecule has 1 fully saturated rings. The lowest BCUT2D eigenvalue weighted by Crippen LogP contribution is -3.16. The van der Waals surface area contributed by atoms with Crippen molar-refractivity contribution in [3.63, 3.8) is 0 Å². The van der Waals surface area contributed by atoms with Gasteiger partial charge in [0.05, 0.1) is 45.0 Å². The van der Waals surface area contributed by atoms with Crippen molar-refractivity contribution in [3.05, 3.63) is 60.2 Å². The molecule has 0 bridgehead atoms. The molecule has 1 aliphatic rings. The van der Waals surface area contributed by atoms with E-state index in [1.54, 1.807) is 7.11 Å². The summed E-state index contributed by atoms with van der Waals surface area (Å²) in [6, 6.07) is 18.5. The van der Waals surface area contributed by atoms with E-state index in [0.717, 1.165) is 44.0 Å². The molecule has 1 heterocycles. The van der Waals surface area contributed by atoms with Gasteiger partial charge in [-0.15, -0.1) is 0 Å². The molecule has 2 aromatic rings. The first-order valence-corrected chi connectivity index (χ1v) is 10.6. The second-order valence-corrected chi connectivity index (χ2v) is 8.25. The molecule has 1 amide bonds. The van der Waals surface area contributed by atoms with Crippen LogP contribution in [0.1, 0.15) is 31.9 Å². The number of hydrogen-bond acceptors (Lipinski definition) is 3. The minimum absolute atomic E-state index is 0.0815. The molecule has 29 heavy (non-hydrogen) atoms. The molecule has 2 aromatic carbocycles. The normalized spacial score (nSPS) is 15.9. The number of anilines is 1. The lowest BCUT2D eigenvalue weighted by Gasteiger charge is -2.34. The van der Waals surface area contributed by atoms with E-state index >= 15 is 0 Å². The van der Waals surface area contributed by atoms with Gasteiger partial charge in [-0.2, -0.15) is 0 Å². The zero-order chi connectivity index (χ0) is 20.6. The number of amides is 1. The van der Waals surface area contributed by atoms with Crippen molar-refractivity contribution in [1.29, 1.82) is 0 Å². The van der Waals surface area contributed by atoms with Crippen LogP contribution in [-0.2, 0) is 4.79 Å². The summed E-state index contributed by atoms with van der Waals surface area (Å²) in [5.74, 6) is 1.57. The summed E-state index contributed by atoms with van der Waals surface area (Å²) in [6.07, 6.45) is 0.951. The highest BCUT2D eigenvalue weighted by Crippen LogP contribution is 2.27. The number of para-hydroxylation sites is 2. The van der Waals surface area contributed by atoms with Crippen molar-refractivity contribution < 1.29 is 14.4 Å². The highest BCUT2D eigenvalue weighted by atomic mass is 16.5. The predicted octanol–water partition coefficient (Wildman–Crippen LogP) is 2.30. The average molecular weight is 397 g/mol. The first-order chi connectivity index (χ1) is 14.1. The molecule has 0 aromatic heterocycles. The Hall–Kier alpha value is -2.53. The van der Waals surface area contributed by atoms with Gasteiger partial charge in [-0.05, 0) is 30.0 Å². The number of carbonyl (C=O) groups excluding carboxylic acids is 1. The Bertz CT molecular complexity index is 771. The molecule has 1 aliphatic heterocycles. The van der Waals surface area contributed by atoms with E-state index in [1.165, 1.54) is 10.5 Å². The summed E-state index contributed by atoms with van der Waals surface area (Å²) in [6.45, 7) is 8.68. The van der Waals surface area contributed by atoms with Gasteiger partial charge < -0.3 is 19.9 Å². The van der Waals surface area contributed by atoms with Crippen LogP contribution in [-0.4, -0.2) is 45.7 Å². The Balaban J connectivity index is 1.53. The summed E-state index contributed by atoms with van der Waals surface area (Å²) in [4.78, 5) is 16.5. The molecular formula is C24H34N3O2+. The van der Waals surface area contributed by atoms with Crippen molar-refractivity contribution >= 4 is 11.6 Å². The van der Waals surface area contributed by atoms with Crippen LogP contribution >= 0.6 is 0 Å². The van der Waals surface area contributed by atoms with Gasteiger partial charge >= 0.3 is 0 Å². The largest absolute Gasteiger partial charge is 0.495 e. The summed E-state index contributed by atoms with van der Waals surface area (Å²) in [7, 11) is 1.71. The molecule has 0 unspecified atom stereocenters. The fourth-order valence-electron chi connectivity index (χ4n) is 4.04. The maximum absolute atomic E-state index is 12.8. The topological polar surface area (TPSA) is 46.0 Å². The smallest absolute Gasteiger partial charge is 0.275 e. The van der Waals surface area contributed by atoms with Gasteiger partial charge in [0.15, 0.2) is 6.54 Å². The molecule has 0 aliphatic carbocycles. The van der Waals surface area contributed by atoms with Crippen molar-refractivity contribution in [2.24, 2.45) is 5.92 Å². The summed E-state index contributed by atoms with van der Waals surface area (Å²) in [5.41, 5.74) is 2.32. The van der Waals surface area contributed by atoms with Gasteiger partial charge in [-0.1, -0.05) is 56.3 Å². The third kappa shape index (κ3) is 5.97. The number of rotatable bonds is 8. The summed E-state index contributed by atoms with van der Waals surface area (Å²) in [5, 5.41) is 3.28. The minimum Gasteiger partial charge on any atom is -0.495 e. The van der Waals surface area contributed by atoms with Crippen LogP contribution in [0, 0.1) is 5.92 Å². The number of hydrogen-bond donors (Lipinski definition) is 2. The maximum atomic E-state index is 12.8. The lowest BCUT2D eigenvalue weighted by molar-refractivity contribution is -0.892. The van der Waals surface area contributed by atoms with E-state index in [0.29, 0.717) is 12.5 Å². The van der Waals surface area contributed by atoms with Crippen LogP contribution in [0.15, 0.2) is 54.6 Å². The minimum atomic E-state index is 0.0815. The molecule has 5 nitrogen and oxygen atoms in total. The lowest BCUT2D eigenvalue weighted by atomic mass is 9.97. The zero-order valence-corrected chi connectivity index (χ0v) is 17.9. The van der Waals surface area contributed by atoms with E-state index in [1.807, 2.05) is 36.4 Å². The Kier molecular flexibility index (Phi) is 7.53. The molecule has 5 heteroatoms. The van der Waals surface area contributed by atoms with Crippen LogP contribution in [0.2, 0.25) is 0 Å². The molecule has 3 rings (SSSR count). The van der Waals surface area contributed by atoms with E-state index < -0.39 is 0 Å². The number of benzene rings is 2. The van der Waals surface area contributed by atoms with Crippen molar-refractivity contribution in [3.8, 4) is 5.75 Å². The number of ether oxygens (including phenoxy) is 1.